The number of nitrogens with zero attached hydrogens (tertiary/aromatic N) is 2. The Kier molecular flexibility index (Phi) is 4.55. The predicted molar refractivity (Wildman–Crippen MR) is 74.9 cm³/mol. The summed E-state index contributed by atoms with van der Waals surface area (Å²) in [6.07, 6.45) is 2.04. The second kappa shape index (κ2) is 6.16. The van der Waals surface area contributed by atoms with E-state index in [0.29, 0.717) is 5.82 Å². The van der Waals surface area contributed by atoms with Gasteiger partial charge in [0.05, 0.1) is 0 Å². The number of halogens is 1. The molecule has 0 spiro atoms. The fourth-order valence-corrected chi connectivity index (χ4v) is 2.52. The fourth-order valence-electron chi connectivity index (χ4n) is 1.90. The topological polar surface area (TPSA) is 74.2 Å². The van der Waals surface area contributed by atoms with Crippen LogP contribution in [0, 0.1) is 6.92 Å². The van der Waals surface area contributed by atoms with Crippen molar-refractivity contribution in [2.75, 3.05) is 0 Å². The van der Waals surface area contributed by atoms with Crippen molar-refractivity contribution in [3.8, 4) is 5.75 Å². The highest BCUT2D eigenvalue weighted by Crippen LogP contribution is 2.29. The van der Waals surface area contributed by atoms with Gasteiger partial charge in [0.2, 0.25) is 12.2 Å². The van der Waals surface area contributed by atoms with E-state index in [2.05, 4.69) is 30.6 Å². The van der Waals surface area contributed by atoms with Crippen LogP contribution < -0.4 is 10.5 Å². The molecule has 0 radical (unpaired) electrons. The standard InChI is InChI=1S/C13H16BrN3O2/c1-8-3-11(14)5-10(4-9(2)15)13(8)18-6-12-16-7-19-17-12/h3,5,7,9H,4,6,15H2,1-2H3. The van der Waals surface area contributed by atoms with Crippen LogP contribution in [0.1, 0.15) is 23.9 Å². The van der Waals surface area contributed by atoms with Gasteiger partial charge in [0.15, 0.2) is 6.61 Å². The summed E-state index contributed by atoms with van der Waals surface area (Å²) in [6.45, 7) is 4.26. The lowest BCUT2D eigenvalue weighted by Gasteiger charge is -2.15. The minimum absolute atomic E-state index is 0.0706. The molecule has 1 aromatic heterocycles. The molecule has 6 heteroatoms. The van der Waals surface area contributed by atoms with Crippen molar-refractivity contribution in [2.24, 2.45) is 5.73 Å². The van der Waals surface area contributed by atoms with Crippen LogP contribution in [0.15, 0.2) is 27.5 Å². The third-order valence-electron chi connectivity index (χ3n) is 2.61. The summed E-state index contributed by atoms with van der Waals surface area (Å²) in [5, 5.41) is 3.72. The van der Waals surface area contributed by atoms with Gasteiger partial charge in [-0.1, -0.05) is 21.1 Å². The summed E-state index contributed by atoms with van der Waals surface area (Å²) < 4.78 is 11.5. The molecular formula is C13H16BrN3O2. The van der Waals surface area contributed by atoms with Gasteiger partial charge in [0, 0.05) is 10.5 Å². The maximum absolute atomic E-state index is 5.87. The van der Waals surface area contributed by atoms with Crippen molar-refractivity contribution >= 4 is 15.9 Å². The van der Waals surface area contributed by atoms with Crippen molar-refractivity contribution in [3.05, 3.63) is 40.0 Å². The maximum atomic E-state index is 5.87. The summed E-state index contributed by atoms with van der Waals surface area (Å²) in [5.41, 5.74) is 8.00. The molecule has 0 aliphatic carbocycles. The SMILES string of the molecule is Cc1cc(Br)cc(CC(C)N)c1OCc1ncon1. The molecule has 2 aromatic rings. The Morgan fingerprint density at radius 1 is 1.47 bits per heavy atom. The van der Waals surface area contributed by atoms with Gasteiger partial charge in [-0.25, -0.2) is 0 Å². The lowest BCUT2D eigenvalue weighted by molar-refractivity contribution is 0.281. The van der Waals surface area contributed by atoms with E-state index in [0.717, 1.165) is 27.8 Å². The van der Waals surface area contributed by atoms with Crippen LogP contribution in [0.5, 0.6) is 5.75 Å². The molecule has 1 aromatic carbocycles. The second-order valence-corrected chi connectivity index (χ2v) is 5.44. The van der Waals surface area contributed by atoms with Gasteiger partial charge in [-0.3, -0.25) is 0 Å². The number of nitrogens with two attached hydrogens (primary N) is 1. The van der Waals surface area contributed by atoms with Crippen LogP contribution in [-0.2, 0) is 13.0 Å². The molecule has 5 nitrogen and oxygen atoms in total. The molecule has 0 amide bonds. The molecule has 1 atom stereocenters. The van der Waals surface area contributed by atoms with Crippen molar-refractivity contribution in [1.82, 2.24) is 10.1 Å². The minimum Gasteiger partial charge on any atom is -0.485 e. The third kappa shape index (κ3) is 3.78. The summed E-state index contributed by atoms with van der Waals surface area (Å²) in [6, 6.07) is 4.11. The van der Waals surface area contributed by atoms with Crippen molar-refractivity contribution in [2.45, 2.75) is 32.9 Å². The van der Waals surface area contributed by atoms with Crippen LogP contribution in [0.4, 0.5) is 0 Å². The Balaban J connectivity index is 2.21. The van der Waals surface area contributed by atoms with Crippen LogP contribution in [0.25, 0.3) is 0 Å². The molecule has 0 saturated carbocycles. The Morgan fingerprint density at radius 2 is 2.26 bits per heavy atom. The monoisotopic (exact) mass is 325 g/mol. The number of aromatic nitrogens is 2. The maximum Gasteiger partial charge on any atom is 0.213 e. The smallest absolute Gasteiger partial charge is 0.213 e. The van der Waals surface area contributed by atoms with Crippen molar-refractivity contribution < 1.29 is 9.26 Å². The van der Waals surface area contributed by atoms with E-state index in [4.69, 9.17) is 10.5 Å². The first-order valence-corrected chi connectivity index (χ1v) is 6.78. The van der Waals surface area contributed by atoms with Gasteiger partial charge in [-0.05, 0) is 43.5 Å². The lowest BCUT2D eigenvalue weighted by atomic mass is 10.0. The highest BCUT2D eigenvalue weighted by atomic mass is 79.9. The molecule has 0 saturated heterocycles. The summed E-state index contributed by atoms with van der Waals surface area (Å²) in [5.74, 6) is 1.36. The molecule has 19 heavy (non-hydrogen) atoms. The zero-order valence-electron chi connectivity index (χ0n) is 10.9. The molecule has 0 bridgehead atoms. The van der Waals surface area contributed by atoms with Crippen molar-refractivity contribution in [3.63, 3.8) is 0 Å². The van der Waals surface area contributed by atoms with Gasteiger partial charge >= 0.3 is 0 Å². The van der Waals surface area contributed by atoms with Gasteiger partial charge in [0.1, 0.15) is 5.75 Å². The quantitative estimate of drug-likeness (QED) is 0.914. The van der Waals surface area contributed by atoms with E-state index in [-0.39, 0.29) is 12.6 Å². The molecule has 1 heterocycles. The molecule has 0 fully saturated rings. The summed E-state index contributed by atoms with van der Waals surface area (Å²) in [7, 11) is 0. The molecular weight excluding hydrogens is 310 g/mol. The molecule has 2 rings (SSSR count). The first kappa shape index (κ1) is 14.0. The molecule has 2 N–H and O–H groups in total. The zero-order chi connectivity index (χ0) is 13.8. The zero-order valence-corrected chi connectivity index (χ0v) is 12.5. The van der Waals surface area contributed by atoms with Crippen LogP contribution in [0.2, 0.25) is 0 Å². The summed E-state index contributed by atoms with van der Waals surface area (Å²) >= 11 is 3.49. The van der Waals surface area contributed by atoms with Crippen molar-refractivity contribution in [1.29, 1.82) is 0 Å². The first-order valence-electron chi connectivity index (χ1n) is 5.99. The first-order chi connectivity index (χ1) is 9.06. The van der Waals surface area contributed by atoms with E-state index < -0.39 is 0 Å². The average molecular weight is 326 g/mol. The third-order valence-corrected chi connectivity index (χ3v) is 3.07. The van der Waals surface area contributed by atoms with E-state index in [1.165, 1.54) is 6.39 Å². The fraction of sp³-hybridized carbons (Fsp3) is 0.385. The van der Waals surface area contributed by atoms with E-state index in [1.54, 1.807) is 0 Å². The van der Waals surface area contributed by atoms with E-state index in [9.17, 15) is 0 Å². The van der Waals surface area contributed by atoms with E-state index >= 15 is 0 Å². The van der Waals surface area contributed by atoms with Gasteiger partial charge in [-0.2, -0.15) is 4.98 Å². The normalized spacial score (nSPS) is 12.4. The number of aryl methyl sites for hydroxylation is 1. The highest BCUT2D eigenvalue weighted by Gasteiger charge is 2.12. The Morgan fingerprint density at radius 3 is 2.89 bits per heavy atom. The van der Waals surface area contributed by atoms with Crippen LogP contribution >= 0.6 is 15.9 Å². The van der Waals surface area contributed by atoms with Gasteiger partial charge in [0.25, 0.3) is 0 Å². The largest absolute Gasteiger partial charge is 0.485 e. The number of benzene rings is 1. The number of hydrogen-bond donors (Lipinski definition) is 1. The second-order valence-electron chi connectivity index (χ2n) is 4.53. The molecule has 1 unspecified atom stereocenters. The number of rotatable bonds is 5. The minimum atomic E-state index is 0.0706. The predicted octanol–water partition coefficient (Wildman–Crippen LogP) is 2.61. The van der Waals surface area contributed by atoms with Gasteiger partial charge in [-0.15, -0.1) is 0 Å². The number of hydrogen-bond acceptors (Lipinski definition) is 5. The molecule has 0 aliphatic rings. The Labute approximate surface area is 120 Å². The Bertz CT molecular complexity index is 541. The van der Waals surface area contributed by atoms with Crippen LogP contribution in [0.3, 0.4) is 0 Å². The molecule has 0 aliphatic heterocycles. The Hall–Kier alpha value is -1.40. The lowest BCUT2D eigenvalue weighted by Crippen LogP contribution is -2.18. The highest BCUT2D eigenvalue weighted by molar-refractivity contribution is 9.10. The number of ether oxygens (including phenoxy) is 1. The molecule has 102 valence electrons. The van der Waals surface area contributed by atoms with E-state index in [1.807, 2.05) is 26.0 Å². The average Bonchev–Trinajstić information content (AvgIpc) is 2.79. The van der Waals surface area contributed by atoms with Crippen LogP contribution in [-0.4, -0.2) is 16.2 Å². The summed E-state index contributed by atoms with van der Waals surface area (Å²) in [4.78, 5) is 3.93. The van der Waals surface area contributed by atoms with Gasteiger partial charge < -0.3 is 15.0 Å².